The molecular formula is C23H27F3O. The van der Waals surface area contributed by atoms with Gasteiger partial charge in [0.05, 0.1) is 12.7 Å². The molecule has 0 aliphatic heterocycles. The third-order valence-electron chi connectivity index (χ3n) is 5.88. The summed E-state index contributed by atoms with van der Waals surface area (Å²) < 4.78 is 48.3. The first kappa shape index (κ1) is 19.8. The third-order valence-corrected chi connectivity index (χ3v) is 5.88. The lowest BCUT2D eigenvalue weighted by Gasteiger charge is -2.29. The molecule has 1 saturated carbocycles. The van der Waals surface area contributed by atoms with Crippen LogP contribution in [0.3, 0.4) is 0 Å². The zero-order valence-electron chi connectivity index (χ0n) is 16.2. The number of ether oxygens (including phenoxy) is 1. The molecule has 3 rings (SSSR count). The van der Waals surface area contributed by atoms with Crippen LogP contribution in [0.15, 0.2) is 24.3 Å². The highest BCUT2D eigenvalue weighted by molar-refractivity contribution is 5.72. The number of hydrogen-bond acceptors (Lipinski definition) is 1. The van der Waals surface area contributed by atoms with Gasteiger partial charge in [-0.25, -0.2) is 13.2 Å². The lowest BCUT2D eigenvalue weighted by Crippen LogP contribution is -2.13. The van der Waals surface area contributed by atoms with Crippen molar-refractivity contribution < 1.29 is 17.9 Å². The van der Waals surface area contributed by atoms with Crippen molar-refractivity contribution in [3.8, 4) is 16.9 Å². The molecule has 0 radical (unpaired) electrons. The minimum Gasteiger partial charge on any atom is -0.496 e. The Morgan fingerprint density at radius 2 is 1.56 bits per heavy atom. The fraction of sp³-hybridized carbons (Fsp3) is 0.478. The molecule has 1 aliphatic carbocycles. The average molecular weight is 376 g/mol. The summed E-state index contributed by atoms with van der Waals surface area (Å²) in [7, 11) is 1.46. The first-order valence-electron chi connectivity index (χ1n) is 9.78. The van der Waals surface area contributed by atoms with Gasteiger partial charge in [0.15, 0.2) is 0 Å². The smallest absolute Gasteiger partial charge is 0.135 e. The molecule has 1 aliphatic rings. The van der Waals surface area contributed by atoms with Crippen molar-refractivity contribution >= 4 is 0 Å². The molecule has 0 saturated heterocycles. The highest BCUT2D eigenvalue weighted by atomic mass is 19.1. The molecule has 2 aromatic rings. The summed E-state index contributed by atoms with van der Waals surface area (Å²) in [6.45, 7) is 3.57. The molecule has 0 N–H and O–H groups in total. The van der Waals surface area contributed by atoms with E-state index in [4.69, 9.17) is 4.74 Å². The van der Waals surface area contributed by atoms with Gasteiger partial charge in [0.1, 0.15) is 23.2 Å². The van der Waals surface area contributed by atoms with E-state index in [1.54, 1.807) is 0 Å². The molecule has 2 aromatic carbocycles. The first-order valence-corrected chi connectivity index (χ1v) is 9.78. The second-order valence-corrected chi connectivity index (χ2v) is 7.65. The van der Waals surface area contributed by atoms with Crippen LogP contribution in [-0.2, 0) is 0 Å². The van der Waals surface area contributed by atoms with Crippen LogP contribution in [0.5, 0.6) is 5.75 Å². The van der Waals surface area contributed by atoms with Crippen molar-refractivity contribution in [2.24, 2.45) is 5.92 Å². The number of rotatable bonds is 5. The molecule has 27 heavy (non-hydrogen) atoms. The quantitative estimate of drug-likeness (QED) is 0.538. The maximum atomic E-state index is 15.0. The molecular weight excluding hydrogens is 349 g/mol. The van der Waals surface area contributed by atoms with E-state index in [1.807, 2.05) is 6.07 Å². The third kappa shape index (κ3) is 4.15. The van der Waals surface area contributed by atoms with E-state index >= 15 is 0 Å². The van der Waals surface area contributed by atoms with Gasteiger partial charge in [-0.15, -0.1) is 0 Å². The molecule has 146 valence electrons. The summed E-state index contributed by atoms with van der Waals surface area (Å²) in [6, 6.07) is 5.67. The summed E-state index contributed by atoms with van der Waals surface area (Å²) in [4.78, 5) is 0. The molecule has 0 unspecified atom stereocenters. The topological polar surface area (TPSA) is 9.23 Å². The number of methoxy groups -OCH3 is 1. The van der Waals surface area contributed by atoms with Gasteiger partial charge in [-0.05, 0) is 79.8 Å². The van der Waals surface area contributed by atoms with E-state index in [0.717, 1.165) is 36.5 Å². The van der Waals surface area contributed by atoms with Crippen molar-refractivity contribution in [2.45, 2.75) is 58.3 Å². The van der Waals surface area contributed by atoms with E-state index in [9.17, 15) is 13.2 Å². The van der Waals surface area contributed by atoms with Crippen molar-refractivity contribution in [1.29, 1.82) is 0 Å². The zero-order chi connectivity index (χ0) is 19.6. The monoisotopic (exact) mass is 376 g/mol. The fourth-order valence-corrected chi connectivity index (χ4v) is 4.26. The first-order chi connectivity index (χ1) is 12.9. The van der Waals surface area contributed by atoms with E-state index in [-0.39, 0.29) is 16.7 Å². The Labute approximate surface area is 159 Å². The van der Waals surface area contributed by atoms with Gasteiger partial charge in [-0.3, -0.25) is 0 Å². The Kier molecular flexibility index (Phi) is 6.13. The van der Waals surface area contributed by atoms with Crippen molar-refractivity contribution in [2.75, 3.05) is 7.11 Å². The highest BCUT2D eigenvalue weighted by Crippen LogP contribution is 2.42. The van der Waals surface area contributed by atoms with Gasteiger partial charge >= 0.3 is 0 Å². The Morgan fingerprint density at radius 1 is 0.926 bits per heavy atom. The summed E-state index contributed by atoms with van der Waals surface area (Å²) >= 11 is 0. The van der Waals surface area contributed by atoms with Gasteiger partial charge in [-0.2, -0.15) is 0 Å². The van der Waals surface area contributed by atoms with Crippen LogP contribution in [0.25, 0.3) is 11.1 Å². The van der Waals surface area contributed by atoms with E-state index < -0.39 is 17.5 Å². The Balaban J connectivity index is 1.93. The maximum Gasteiger partial charge on any atom is 0.135 e. The van der Waals surface area contributed by atoms with Crippen LogP contribution in [0.2, 0.25) is 0 Å². The molecule has 0 amide bonds. The van der Waals surface area contributed by atoms with Crippen molar-refractivity contribution in [3.63, 3.8) is 0 Å². The predicted molar refractivity (Wildman–Crippen MR) is 103 cm³/mol. The standard InChI is InChI=1S/C23H27F3O/c1-4-5-15-6-8-16(9-7-15)17-10-21(26)23(22(13-17)27-3)18-11-19(24)14(2)20(25)12-18/h10-13,15-16H,4-9H2,1-3H3. The molecule has 0 spiro atoms. The van der Waals surface area contributed by atoms with E-state index in [1.165, 1.54) is 45.8 Å². The Hall–Kier alpha value is -1.97. The molecule has 1 fully saturated rings. The van der Waals surface area contributed by atoms with E-state index in [0.29, 0.717) is 11.7 Å². The van der Waals surface area contributed by atoms with Crippen LogP contribution in [0.4, 0.5) is 13.2 Å². The Bertz CT molecular complexity index is 785. The molecule has 1 nitrogen and oxygen atoms in total. The van der Waals surface area contributed by atoms with Crippen molar-refractivity contribution in [3.05, 3.63) is 52.8 Å². The molecule has 0 bridgehead atoms. The molecule has 0 atom stereocenters. The second kappa shape index (κ2) is 8.37. The second-order valence-electron chi connectivity index (χ2n) is 7.65. The summed E-state index contributed by atoms with van der Waals surface area (Å²) in [5, 5.41) is 0. The lowest BCUT2D eigenvalue weighted by molar-refractivity contribution is 0.307. The van der Waals surface area contributed by atoms with Gasteiger partial charge in [0.25, 0.3) is 0 Å². The molecule has 0 aromatic heterocycles. The van der Waals surface area contributed by atoms with Gasteiger partial charge in [0, 0.05) is 5.56 Å². The summed E-state index contributed by atoms with van der Waals surface area (Å²) in [6.07, 6.45) is 6.88. The van der Waals surface area contributed by atoms with Crippen LogP contribution in [-0.4, -0.2) is 7.11 Å². The number of benzene rings is 2. The normalized spacial score (nSPS) is 19.9. The zero-order valence-corrected chi connectivity index (χ0v) is 16.2. The SMILES string of the molecule is CCCC1CCC(c2cc(F)c(-c3cc(F)c(C)c(F)c3)c(OC)c2)CC1. The van der Waals surface area contributed by atoms with Crippen LogP contribution in [0.1, 0.15) is 62.5 Å². The largest absolute Gasteiger partial charge is 0.496 e. The summed E-state index contributed by atoms with van der Waals surface area (Å²) in [5.74, 6) is -0.474. The fourth-order valence-electron chi connectivity index (χ4n) is 4.26. The maximum absolute atomic E-state index is 15.0. The summed E-state index contributed by atoms with van der Waals surface area (Å²) in [5.41, 5.74) is 1.11. The van der Waals surface area contributed by atoms with Gasteiger partial charge < -0.3 is 4.74 Å². The molecule has 0 heterocycles. The molecule has 4 heteroatoms. The van der Waals surface area contributed by atoms with Crippen LogP contribution < -0.4 is 4.74 Å². The minimum absolute atomic E-state index is 0.0708. The number of halogens is 3. The average Bonchev–Trinajstić information content (AvgIpc) is 2.66. The van der Waals surface area contributed by atoms with Gasteiger partial charge in [-0.1, -0.05) is 19.8 Å². The minimum atomic E-state index is -0.690. The van der Waals surface area contributed by atoms with Crippen molar-refractivity contribution in [1.82, 2.24) is 0 Å². The predicted octanol–water partition coefficient (Wildman–Crippen LogP) is 7.16. The highest BCUT2D eigenvalue weighted by Gasteiger charge is 2.25. The Morgan fingerprint density at radius 3 is 2.11 bits per heavy atom. The lowest BCUT2D eigenvalue weighted by atomic mass is 9.77. The van der Waals surface area contributed by atoms with Gasteiger partial charge in [0.2, 0.25) is 0 Å². The van der Waals surface area contributed by atoms with E-state index in [2.05, 4.69) is 6.92 Å². The van der Waals surface area contributed by atoms with Crippen LogP contribution in [0, 0.1) is 30.3 Å². The van der Waals surface area contributed by atoms with Crippen LogP contribution >= 0.6 is 0 Å². The number of hydrogen-bond donors (Lipinski definition) is 0.